The van der Waals surface area contributed by atoms with Crippen molar-refractivity contribution in [2.75, 3.05) is 12.4 Å². The molecular weight excluding hydrogens is 330 g/mol. The lowest BCUT2D eigenvalue weighted by atomic mass is 10.2. The van der Waals surface area contributed by atoms with Crippen LogP contribution >= 0.6 is 23.4 Å². The summed E-state index contributed by atoms with van der Waals surface area (Å²) in [4.78, 5) is 11.9. The second kappa shape index (κ2) is 9.48. The normalized spacial score (nSPS) is 10.3. The van der Waals surface area contributed by atoms with Gasteiger partial charge in [-0.1, -0.05) is 35.9 Å². The highest BCUT2D eigenvalue weighted by Gasteiger charge is 2.03. The third-order valence-corrected chi connectivity index (χ3v) is 4.37. The van der Waals surface area contributed by atoms with Crippen LogP contribution in [0.3, 0.4) is 0 Å². The molecule has 0 heterocycles. The number of benzene rings is 2. The van der Waals surface area contributed by atoms with E-state index in [1.54, 1.807) is 11.8 Å². The number of carbonyl (C=O) groups excluding carboxylic acids is 1. The summed E-state index contributed by atoms with van der Waals surface area (Å²) in [7, 11) is 0. The van der Waals surface area contributed by atoms with Gasteiger partial charge >= 0.3 is 0 Å². The van der Waals surface area contributed by atoms with Crippen LogP contribution in [-0.4, -0.2) is 18.3 Å². The highest BCUT2D eigenvalue weighted by Crippen LogP contribution is 2.16. The zero-order chi connectivity index (χ0) is 16.5. The molecule has 0 aliphatic heterocycles. The Kier molecular flexibility index (Phi) is 7.30. The Morgan fingerprint density at radius 3 is 2.70 bits per heavy atom. The van der Waals surface area contributed by atoms with Gasteiger partial charge in [0.05, 0.1) is 12.4 Å². The molecule has 0 atom stereocenters. The first kappa shape index (κ1) is 17.7. The van der Waals surface area contributed by atoms with E-state index in [1.807, 2.05) is 55.5 Å². The van der Waals surface area contributed by atoms with Crippen LogP contribution in [0.25, 0.3) is 0 Å². The molecule has 0 unspecified atom stereocenters. The summed E-state index contributed by atoms with van der Waals surface area (Å²) in [5, 5.41) is 3.65. The van der Waals surface area contributed by atoms with Crippen LogP contribution in [0.1, 0.15) is 18.1 Å². The van der Waals surface area contributed by atoms with Crippen LogP contribution in [-0.2, 0) is 17.1 Å². The molecule has 0 aliphatic carbocycles. The summed E-state index contributed by atoms with van der Waals surface area (Å²) in [6, 6.07) is 15.5. The summed E-state index contributed by atoms with van der Waals surface area (Å²) in [5.74, 6) is 2.10. The van der Waals surface area contributed by atoms with Crippen molar-refractivity contribution in [3.63, 3.8) is 0 Å². The van der Waals surface area contributed by atoms with Gasteiger partial charge in [-0.2, -0.15) is 0 Å². The van der Waals surface area contributed by atoms with Crippen LogP contribution in [0, 0.1) is 0 Å². The number of rotatable bonds is 8. The molecule has 3 nitrogen and oxygen atoms in total. The quantitative estimate of drug-likeness (QED) is 0.772. The highest BCUT2D eigenvalue weighted by molar-refractivity contribution is 7.99. The van der Waals surface area contributed by atoms with E-state index >= 15 is 0 Å². The Morgan fingerprint density at radius 2 is 1.96 bits per heavy atom. The topological polar surface area (TPSA) is 38.3 Å². The fourth-order valence-electron chi connectivity index (χ4n) is 2.01. The second-order valence-corrected chi connectivity index (χ2v) is 6.40. The lowest BCUT2D eigenvalue weighted by molar-refractivity contribution is -0.118. The molecule has 2 aromatic carbocycles. The number of halogens is 1. The molecule has 122 valence electrons. The van der Waals surface area contributed by atoms with Crippen molar-refractivity contribution in [1.29, 1.82) is 0 Å². The number of ether oxygens (including phenoxy) is 1. The molecule has 0 aromatic heterocycles. The number of thioether (sulfide) groups is 1. The predicted molar refractivity (Wildman–Crippen MR) is 97.1 cm³/mol. The molecule has 1 N–H and O–H groups in total. The van der Waals surface area contributed by atoms with Crippen molar-refractivity contribution >= 4 is 29.3 Å². The Hall–Kier alpha value is -1.65. The lowest BCUT2D eigenvalue weighted by Gasteiger charge is -2.08. The minimum absolute atomic E-state index is 0.0331. The van der Waals surface area contributed by atoms with Gasteiger partial charge in [0.25, 0.3) is 0 Å². The Labute approximate surface area is 146 Å². The Balaban J connectivity index is 1.70. The average Bonchev–Trinajstić information content (AvgIpc) is 2.55. The Bertz CT molecular complexity index is 631. The largest absolute Gasteiger partial charge is 0.494 e. The maximum atomic E-state index is 11.9. The van der Waals surface area contributed by atoms with E-state index in [1.165, 1.54) is 0 Å². The van der Waals surface area contributed by atoms with Gasteiger partial charge in [-0.3, -0.25) is 4.79 Å². The fraction of sp³-hybridized carbons (Fsp3) is 0.278. The molecule has 23 heavy (non-hydrogen) atoms. The molecule has 0 bridgehead atoms. The minimum atomic E-state index is 0.0331. The number of amides is 1. The van der Waals surface area contributed by atoms with Crippen molar-refractivity contribution < 1.29 is 9.53 Å². The first-order valence-electron chi connectivity index (χ1n) is 7.48. The molecule has 5 heteroatoms. The number of hydrogen-bond donors (Lipinski definition) is 1. The summed E-state index contributed by atoms with van der Waals surface area (Å²) >= 11 is 7.43. The minimum Gasteiger partial charge on any atom is -0.494 e. The van der Waals surface area contributed by atoms with Crippen LogP contribution in [0.2, 0.25) is 5.02 Å². The summed E-state index contributed by atoms with van der Waals surface area (Å²) < 4.78 is 5.45. The van der Waals surface area contributed by atoms with Gasteiger partial charge in [0.15, 0.2) is 0 Å². The Morgan fingerprint density at radius 1 is 1.17 bits per heavy atom. The van der Waals surface area contributed by atoms with Crippen molar-refractivity contribution in [3.8, 4) is 5.75 Å². The summed E-state index contributed by atoms with van der Waals surface area (Å²) in [6.45, 7) is 3.10. The molecular formula is C18H20ClNO2S. The first-order chi connectivity index (χ1) is 11.2. The number of nitrogens with one attached hydrogen (secondary N) is 1. The molecule has 0 aliphatic rings. The van der Waals surface area contributed by atoms with E-state index in [-0.39, 0.29) is 5.91 Å². The molecule has 0 saturated heterocycles. The van der Waals surface area contributed by atoms with Gasteiger partial charge in [0, 0.05) is 17.3 Å². The van der Waals surface area contributed by atoms with Gasteiger partial charge in [0.1, 0.15) is 5.75 Å². The SMILES string of the molecule is CCOc1cccc(CNC(=O)CSCc2ccc(Cl)cc2)c1. The lowest BCUT2D eigenvalue weighted by Crippen LogP contribution is -2.24. The van der Waals surface area contributed by atoms with Crippen LogP contribution in [0.15, 0.2) is 48.5 Å². The van der Waals surface area contributed by atoms with Crippen molar-refractivity contribution in [2.45, 2.75) is 19.2 Å². The number of carbonyl (C=O) groups is 1. The van der Waals surface area contributed by atoms with Gasteiger partial charge in [0.2, 0.25) is 5.91 Å². The van der Waals surface area contributed by atoms with Gasteiger partial charge < -0.3 is 10.1 Å². The van der Waals surface area contributed by atoms with E-state index in [0.717, 1.165) is 27.7 Å². The number of hydrogen-bond acceptors (Lipinski definition) is 3. The summed E-state index contributed by atoms with van der Waals surface area (Å²) in [5.41, 5.74) is 2.20. The van der Waals surface area contributed by atoms with Gasteiger partial charge in [-0.05, 0) is 42.3 Å². The smallest absolute Gasteiger partial charge is 0.230 e. The zero-order valence-electron chi connectivity index (χ0n) is 13.0. The average molecular weight is 350 g/mol. The van der Waals surface area contributed by atoms with E-state index in [0.29, 0.717) is 18.9 Å². The molecule has 0 radical (unpaired) electrons. The van der Waals surface area contributed by atoms with Crippen molar-refractivity contribution in [3.05, 3.63) is 64.7 Å². The summed E-state index contributed by atoms with van der Waals surface area (Å²) in [6.07, 6.45) is 0. The van der Waals surface area contributed by atoms with Crippen molar-refractivity contribution in [2.24, 2.45) is 0 Å². The third kappa shape index (κ3) is 6.55. The van der Waals surface area contributed by atoms with Crippen LogP contribution < -0.4 is 10.1 Å². The van der Waals surface area contributed by atoms with Gasteiger partial charge in [-0.25, -0.2) is 0 Å². The zero-order valence-corrected chi connectivity index (χ0v) is 14.6. The molecule has 0 fully saturated rings. The highest BCUT2D eigenvalue weighted by atomic mass is 35.5. The molecule has 0 spiro atoms. The molecule has 2 aromatic rings. The molecule has 1 amide bonds. The first-order valence-corrected chi connectivity index (χ1v) is 9.01. The molecule has 0 saturated carbocycles. The van der Waals surface area contributed by atoms with E-state index < -0.39 is 0 Å². The predicted octanol–water partition coefficient (Wildman–Crippen LogP) is 4.29. The molecule has 2 rings (SSSR count). The van der Waals surface area contributed by atoms with E-state index in [4.69, 9.17) is 16.3 Å². The second-order valence-electron chi connectivity index (χ2n) is 4.98. The van der Waals surface area contributed by atoms with Crippen LogP contribution in [0.4, 0.5) is 0 Å². The monoisotopic (exact) mass is 349 g/mol. The maximum Gasteiger partial charge on any atom is 0.230 e. The maximum absolute atomic E-state index is 11.9. The van der Waals surface area contributed by atoms with E-state index in [2.05, 4.69) is 5.32 Å². The third-order valence-electron chi connectivity index (χ3n) is 3.11. The van der Waals surface area contributed by atoms with E-state index in [9.17, 15) is 4.79 Å². The van der Waals surface area contributed by atoms with Gasteiger partial charge in [-0.15, -0.1) is 11.8 Å². The van der Waals surface area contributed by atoms with Crippen molar-refractivity contribution in [1.82, 2.24) is 5.32 Å². The standard InChI is InChI=1S/C18H20ClNO2S/c1-2-22-17-5-3-4-15(10-17)11-20-18(21)13-23-12-14-6-8-16(19)9-7-14/h3-10H,2,11-13H2,1H3,(H,20,21). The fourth-order valence-corrected chi connectivity index (χ4v) is 2.95. The van der Waals surface area contributed by atoms with Crippen LogP contribution in [0.5, 0.6) is 5.75 Å².